The van der Waals surface area contributed by atoms with Gasteiger partial charge < -0.3 is 14.8 Å². The molecule has 0 aliphatic rings. The van der Waals surface area contributed by atoms with Crippen LogP contribution in [0.5, 0.6) is 5.75 Å². The molecule has 27 heavy (non-hydrogen) atoms. The zero-order valence-electron chi connectivity index (χ0n) is 14.3. The summed E-state index contributed by atoms with van der Waals surface area (Å²) in [6, 6.07) is 13.3. The van der Waals surface area contributed by atoms with E-state index in [2.05, 4.69) is 5.32 Å². The second-order valence-corrected chi connectivity index (χ2v) is 5.55. The fourth-order valence-electron chi connectivity index (χ4n) is 2.11. The first-order valence-electron chi connectivity index (χ1n) is 8.15. The minimum absolute atomic E-state index is 0.0258. The number of ether oxygens (including phenoxy) is 2. The van der Waals surface area contributed by atoms with Crippen molar-refractivity contribution in [3.8, 4) is 5.75 Å². The van der Waals surface area contributed by atoms with E-state index in [-0.39, 0.29) is 12.1 Å². The third-order valence-electron chi connectivity index (χ3n) is 3.38. The first-order chi connectivity index (χ1) is 12.8. The Morgan fingerprint density at radius 1 is 1.00 bits per heavy atom. The first kappa shape index (κ1) is 20.3. The number of carbonyl (C=O) groups excluding carboxylic acids is 2. The number of halogens is 3. The van der Waals surface area contributed by atoms with Gasteiger partial charge in [-0.05, 0) is 36.8 Å². The van der Waals surface area contributed by atoms with Crippen LogP contribution in [0.15, 0.2) is 54.6 Å². The van der Waals surface area contributed by atoms with Crippen LogP contribution in [-0.4, -0.2) is 25.1 Å². The Hall–Kier alpha value is -3.03. The van der Waals surface area contributed by atoms with Crippen molar-refractivity contribution in [1.82, 2.24) is 0 Å². The number of rotatable bonds is 8. The maximum atomic E-state index is 12.6. The number of hydrogen-bond donors (Lipinski definition) is 1. The molecule has 0 fully saturated rings. The van der Waals surface area contributed by atoms with Crippen molar-refractivity contribution in [1.29, 1.82) is 0 Å². The second-order valence-electron chi connectivity index (χ2n) is 5.55. The Balaban J connectivity index is 1.67. The lowest BCUT2D eigenvalue weighted by molar-refractivity contribution is -0.147. The van der Waals surface area contributed by atoms with E-state index < -0.39 is 30.2 Å². The molecular formula is C19H18F3NO4. The lowest BCUT2D eigenvalue weighted by atomic mass is 10.2. The minimum Gasteiger partial charge on any atom is -0.494 e. The van der Waals surface area contributed by atoms with Gasteiger partial charge in [0.25, 0.3) is 5.91 Å². The maximum absolute atomic E-state index is 12.6. The predicted molar refractivity (Wildman–Crippen MR) is 92.2 cm³/mol. The summed E-state index contributed by atoms with van der Waals surface area (Å²) in [5.41, 5.74) is -0.905. The SMILES string of the molecule is O=C(COC(=O)CCCOc1ccccc1)Nc1cccc(C(F)(F)F)c1. The molecule has 2 aromatic carbocycles. The summed E-state index contributed by atoms with van der Waals surface area (Å²) in [4.78, 5) is 23.3. The number of hydrogen-bond acceptors (Lipinski definition) is 4. The molecule has 8 heteroatoms. The van der Waals surface area contributed by atoms with E-state index in [0.717, 1.165) is 12.1 Å². The molecule has 0 atom stereocenters. The average molecular weight is 381 g/mol. The third-order valence-corrected chi connectivity index (χ3v) is 3.38. The molecule has 0 heterocycles. The molecule has 2 rings (SSSR count). The van der Waals surface area contributed by atoms with E-state index in [9.17, 15) is 22.8 Å². The van der Waals surface area contributed by atoms with Gasteiger partial charge in [-0.1, -0.05) is 24.3 Å². The van der Waals surface area contributed by atoms with Crippen LogP contribution in [0.4, 0.5) is 18.9 Å². The number of amides is 1. The highest BCUT2D eigenvalue weighted by molar-refractivity contribution is 5.92. The Bertz CT molecular complexity index is 763. The molecule has 2 aromatic rings. The minimum atomic E-state index is -4.50. The average Bonchev–Trinajstić information content (AvgIpc) is 2.64. The molecule has 0 aliphatic carbocycles. The molecule has 5 nitrogen and oxygen atoms in total. The van der Waals surface area contributed by atoms with Gasteiger partial charge in [0.05, 0.1) is 12.2 Å². The molecule has 1 N–H and O–H groups in total. The summed E-state index contributed by atoms with van der Waals surface area (Å²) in [6.45, 7) is -0.260. The van der Waals surface area contributed by atoms with Crippen molar-refractivity contribution in [3.63, 3.8) is 0 Å². The number of anilines is 1. The van der Waals surface area contributed by atoms with Crippen LogP contribution in [0.1, 0.15) is 18.4 Å². The summed E-state index contributed by atoms with van der Waals surface area (Å²) in [5, 5.41) is 2.26. The zero-order valence-corrected chi connectivity index (χ0v) is 14.3. The predicted octanol–water partition coefficient (Wildman–Crippen LogP) is 4.05. The number of alkyl halides is 3. The van der Waals surface area contributed by atoms with Gasteiger partial charge in [0, 0.05) is 12.1 Å². The normalized spacial score (nSPS) is 10.9. The van der Waals surface area contributed by atoms with Crippen LogP contribution >= 0.6 is 0 Å². The Kier molecular flexibility index (Phi) is 7.22. The molecule has 1 amide bonds. The lowest BCUT2D eigenvalue weighted by Gasteiger charge is -2.10. The van der Waals surface area contributed by atoms with Gasteiger partial charge in [-0.25, -0.2) is 0 Å². The van der Waals surface area contributed by atoms with Crippen LogP contribution in [0.3, 0.4) is 0 Å². The molecule has 0 aliphatic heterocycles. The van der Waals surface area contributed by atoms with Crippen LogP contribution < -0.4 is 10.1 Å². The Morgan fingerprint density at radius 3 is 2.44 bits per heavy atom. The second kappa shape index (κ2) is 9.61. The quantitative estimate of drug-likeness (QED) is 0.554. The molecular weight excluding hydrogens is 363 g/mol. The summed E-state index contributed by atoms with van der Waals surface area (Å²) in [5.74, 6) is -0.625. The molecule has 0 aromatic heterocycles. The fraction of sp³-hybridized carbons (Fsp3) is 0.263. The topological polar surface area (TPSA) is 64.6 Å². The van der Waals surface area contributed by atoms with Crippen molar-refractivity contribution < 1.29 is 32.2 Å². The standard InChI is InChI=1S/C19H18F3NO4/c20-19(21,22)14-6-4-7-15(12-14)23-17(24)13-27-18(25)10-5-11-26-16-8-2-1-3-9-16/h1-4,6-9,12H,5,10-11,13H2,(H,23,24). The number of esters is 1. The van der Waals surface area contributed by atoms with Gasteiger partial charge >= 0.3 is 12.1 Å². The van der Waals surface area contributed by atoms with Crippen molar-refractivity contribution >= 4 is 17.6 Å². The highest BCUT2D eigenvalue weighted by Crippen LogP contribution is 2.30. The van der Waals surface area contributed by atoms with Crippen LogP contribution in [0, 0.1) is 0 Å². The van der Waals surface area contributed by atoms with Gasteiger partial charge in [0.2, 0.25) is 0 Å². The van der Waals surface area contributed by atoms with Gasteiger partial charge in [-0.3, -0.25) is 9.59 Å². The monoisotopic (exact) mass is 381 g/mol. The Labute approximate surface area is 154 Å². The van der Waals surface area contributed by atoms with Crippen molar-refractivity contribution in [3.05, 3.63) is 60.2 Å². The van der Waals surface area contributed by atoms with Gasteiger partial charge in [-0.2, -0.15) is 13.2 Å². The van der Waals surface area contributed by atoms with E-state index in [1.807, 2.05) is 18.2 Å². The van der Waals surface area contributed by atoms with Crippen LogP contribution in [0.2, 0.25) is 0 Å². The third kappa shape index (κ3) is 7.39. The number of nitrogens with one attached hydrogen (secondary N) is 1. The number of benzene rings is 2. The summed E-state index contributed by atoms with van der Waals surface area (Å²) in [6.07, 6.45) is -4.04. The fourth-order valence-corrected chi connectivity index (χ4v) is 2.11. The maximum Gasteiger partial charge on any atom is 0.416 e. The van der Waals surface area contributed by atoms with Crippen molar-refractivity contribution in [2.75, 3.05) is 18.5 Å². The number of carbonyl (C=O) groups is 2. The molecule has 144 valence electrons. The van der Waals surface area contributed by atoms with Gasteiger partial charge in [-0.15, -0.1) is 0 Å². The van der Waals surface area contributed by atoms with Gasteiger partial charge in [0.15, 0.2) is 6.61 Å². The molecule has 0 bridgehead atoms. The van der Waals surface area contributed by atoms with Crippen LogP contribution in [0.25, 0.3) is 0 Å². The smallest absolute Gasteiger partial charge is 0.416 e. The molecule has 0 radical (unpaired) electrons. The molecule has 0 saturated heterocycles. The molecule has 0 unspecified atom stereocenters. The van der Waals surface area contributed by atoms with Crippen LogP contribution in [-0.2, 0) is 20.5 Å². The van der Waals surface area contributed by atoms with E-state index in [1.165, 1.54) is 12.1 Å². The van der Waals surface area contributed by atoms with E-state index >= 15 is 0 Å². The van der Waals surface area contributed by atoms with E-state index in [4.69, 9.17) is 9.47 Å². The van der Waals surface area contributed by atoms with Crippen molar-refractivity contribution in [2.24, 2.45) is 0 Å². The summed E-state index contributed by atoms with van der Waals surface area (Å²) < 4.78 is 48.1. The van der Waals surface area contributed by atoms with Crippen molar-refractivity contribution in [2.45, 2.75) is 19.0 Å². The first-order valence-corrected chi connectivity index (χ1v) is 8.15. The number of para-hydroxylation sites is 1. The van der Waals surface area contributed by atoms with E-state index in [0.29, 0.717) is 18.8 Å². The molecule has 0 saturated carbocycles. The molecule has 0 spiro atoms. The lowest BCUT2D eigenvalue weighted by Crippen LogP contribution is -2.21. The highest BCUT2D eigenvalue weighted by atomic mass is 19.4. The van der Waals surface area contributed by atoms with E-state index in [1.54, 1.807) is 12.1 Å². The highest BCUT2D eigenvalue weighted by Gasteiger charge is 2.30. The van der Waals surface area contributed by atoms with Gasteiger partial charge in [0.1, 0.15) is 5.75 Å². The summed E-state index contributed by atoms with van der Waals surface area (Å²) in [7, 11) is 0. The zero-order chi connectivity index (χ0) is 19.7. The largest absolute Gasteiger partial charge is 0.494 e. The summed E-state index contributed by atoms with van der Waals surface area (Å²) >= 11 is 0. The Morgan fingerprint density at radius 2 is 1.74 bits per heavy atom.